The molecule has 2 unspecified atom stereocenters. The predicted molar refractivity (Wildman–Crippen MR) is 57.0 cm³/mol. The molecule has 0 aliphatic carbocycles. The molecule has 0 bridgehead atoms. The molecule has 4 nitrogen and oxygen atoms in total. The topological polar surface area (TPSA) is 52.6 Å². The smallest absolute Gasteiger partial charge is 0.238 e. The minimum atomic E-state index is -0.246. The second-order valence-electron chi connectivity index (χ2n) is 4.15. The Morgan fingerprint density at radius 3 is 2.14 bits per heavy atom. The normalized spacial score (nSPS) is 15.4. The molecule has 0 spiro atoms. The SMILES string of the molecule is CC(NC(CO)C(C)C)C(=O)N(C)C. The van der Waals surface area contributed by atoms with E-state index < -0.39 is 0 Å². The number of amides is 1. The molecule has 2 N–H and O–H groups in total. The van der Waals surface area contributed by atoms with E-state index >= 15 is 0 Å². The fourth-order valence-corrected chi connectivity index (χ4v) is 1.24. The van der Waals surface area contributed by atoms with Crippen LogP contribution < -0.4 is 5.32 Å². The molecule has 14 heavy (non-hydrogen) atoms. The fourth-order valence-electron chi connectivity index (χ4n) is 1.24. The van der Waals surface area contributed by atoms with Gasteiger partial charge in [-0.2, -0.15) is 0 Å². The average Bonchev–Trinajstić information content (AvgIpc) is 2.11. The molecule has 0 aromatic heterocycles. The van der Waals surface area contributed by atoms with Crippen molar-refractivity contribution < 1.29 is 9.90 Å². The maximum atomic E-state index is 11.5. The first kappa shape index (κ1) is 13.4. The maximum absolute atomic E-state index is 11.5. The van der Waals surface area contributed by atoms with Crippen molar-refractivity contribution in [3.05, 3.63) is 0 Å². The van der Waals surface area contributed by atoms with E-state index in [1.807, 2.05) is 20.8 Å². The first-order chi connectivity index (χ1) is 6.40. The van der Waals surface area contributed by atoms with Crippen molar-refractivity contribution in [2.45, 2.75) is 32.9 Å². The van der Waals surface area contributed by atoms with Gasteiger partial charge in [-0.15, -0.1) is 0 Å². The summed E-state index contributed by atoms with van der Waals surface area (Å²) in [4.78, 5) is 13.0. The van der Waals surface area contributed by atoms with Gasteiger partial charge in [-0.3, -0.25) is 4.79 Å². The summed E-state index contributed by atoms with van der Waals surface area (Å²) in [6.45, 7) is 5.90. The molecule has 0 aliphatic rings. The van der Waals surface area contributed by atoms with E-state index in [-0.39, 0.29) is 24.6 Å². The summed E-state index contributed by atoms with van der Waals surface area (Å²) in [5.74, 6) is 0.349. The van der Waals surface area contributed by atoms with Gasteiger partial charge in [0.05, 0.1) is 12.6 Å². The van der Waals surface area contributed by atoms with Crippen molar-refractivity contribution in [3.63, 3.8) is 0 Å². The van der Waals surface area contributed by atoms with Crippen LogP contribution in [-0.2, 0) is 4.79 Å². The van der Waals surface area contributed by atoms with Crippen molar-refractivity contribution in [3.8, 4) is 0 Å². The zero-order valence-electron chi connectivity index (χ0n) is 9.74. The van der Waals surface area contributed by atoms with Gasteiger partial charge in [0.25, 0.3) is 0 Å². The van der Waals surface area contributed by atoms with Gasteiger partial charge < -0.3 is 15.3 Å². The van der Waals surface area contributed by atoms with Crippen molar-refractivity contribution in [2.24, 2.45) is 5.92 Å². The zero-order chi connectivity index (χ0) is 11.3. The lowest BCUT2D eigenvalue weighted by atomic mass is 10.0. The van der Waals surface area contributed by atoms with Crippen molar-refractivity contribution in [2.75, 3.05) is 20.7 Å². The Balaban J connectivity index is 4.15. The van der Waals surface area contributed by atoms with Crippen LogP contribution in [0.1, 0.15) is 20.8 Å². The molecule has 0 saturated carbocycles. The Morgan fingerprint density at radius 1 is 1.36 bits per heavy atom. The first-order valence-electron chi connectivity index (χ1n) is 4.98. The Kier molecular flexibility index (Phi) is 5.72. The van der Waals surface area contributed by atoms with E-state index in [2.05, 4.69) is 5.32 Å². The molecule has 1 amide bonds. The van der Waals surface area contributed by atoms with Crippen LogP contribution in [0.5, 0.6) is 0 Å². The van der Waals surface area contributed by atoms with E-state index in [1.165, 1.54) is 0 Å². The number of hydrogen-bond donors (Lipinski definition) is 2. The van der Waals surface area contributed by atoms with Gasteiger partial charge in [0.2, 0.25) is 5.91 Å². The third-order valence-corrected chi connectivity index (χ3v) is 2.28. The lowest BCUT2D eigenvalue weighted by Crippen LogP contribution is -2.49. The van der Waals surface area contributed by atoms with Crippen molar-refractivity contribution >= 4 is 5.91 Å². The summed E-state index contributed by atoms with van der Waals surface area (Å²) in [6, 6.07) is -0.265. The highest BCUT2D eigenvalue weighted by atomic mass is 16.3. The number of likely N-dealkylation sites (N-methyl/N-ethyl adjacent to an activating group) is 1. The molecule has 0 radical (unpaired) electrons. The molecule has 2 atom stereocenters. The standard InChI is InChI=1S/C10H22N2O2/c1-7(2)9(6-13)11-8(3)10(14)12(4)5/h7-9,11,13H,6H2,1-5H3. The van der Waals surface area contributed by atoms with Crippen LogP contribution in [0.15, 0.2) is 0 Å². The Labute approximate surface area is 86.3 Å². The van der Waals surface area contributed by atoms with Crippen LogP contribution >= 0.6 is 0 Å². The molecule has 4 heteroatoms. The molecule has 0 aromatic rings. The molecule has 84 valence electrons. The quantitative estimate of drug-likeness (QED) is 0.663. The zero-order valence-corrected chi connectivity index (χ0v) is 9.74. The van der Waals surface area contributed by atoms with Gasteiger partial charge >= 0.3 is 0 Å². The van der Waals surface area contributed by atoms with Gasteiger partial charge in [0, 0.05) is 20.1 Å². The van der Waals surface area contributed by atoms with Crippen LogP contribution in [0.3, 0.4) is 0 Å². The van der Waals surface area contributed by atoms with Crippen LogP contribution in [0.2, 0.25) is 0 Å². The molecule has 0 heterocycles. The summed E-state index contributed by atoms with van der Waals surface area (Å²) in [5.41, 5.74) is 0. The van der Waals surface area contributed by atoms with Gasteiger partial charge in [-0.1, -0.05) is 13.8 Å². The molecule has 0 aromatic carbocycles. The summed E-state index contributed by atoms with van der Waals surface area (Å²) >= 11 is 0. The van der Waals surface area contributed by atoms with Crippen LogP contribution in [0, 0.1) is 5.92 Å². The van der Waals surface area contributed by atoms with Gasteiger partial charge in [-0.05, 0) is 12.8 Å². The van der Waals surface area contributed by atoms with Crippen LogP contribution in [0.25, 0.3) is 0 Å². The first-order valence-corrected chi connectivity index (χ1v) is 4.98. The number of nitrogens with one attached hydrogen (secondary N) is 1. The van der Waals surface area contributed by atoms with E-state index in [1.54, 1.807) is 19.0 Å². The number of aliphatic hydroxyl groups excluding tert-OH is 1. The third kappa shape index (κ3) is 4.07. The Morgan fingerprint density at radius 2 is 1.86 bits per heavy atom. The van der Waals surface area contributed by atoms with Gasteiger partial charge in [0.1, 0.15) is 0 Å². The second kappa shape index (κ2) is 5.98. The Hall–Kier alpha value is -0.610. The molecule has 0 saturated heterocycles. The van der Waals surface area contributed by atoms with Crippen LogP contribution in [0.4, 0.5) is 0 Å². The van der Waals surface area contributed by atoms with Crippen molar-refractivity contribution in [1.29, 1.82) is 0 Å². The van der Waals surface area contributed by atoms with Gasteiger partial charge in [-0.25, -0.2) is 0 Å². The van der Waals surface area contributed by atoms with E-state index in [0.717, 1.165) is 0 Å². The molecular weight excluding hydrogens is 180 g/mol. The van der Waals surface area contributed by atoms with Crippen LogP contribution in [-0.4, -0.2) is 48.7 Å². The number of nitrogens with zero attached hydrogens (tertiary/aromatic N) is 1. The van der Waals surface area contributed by atoms with E-state index in [4.69, 9.17) is 5.11 Å². The number of aliphatic hydroxyl groups is 1. The molecular formula is C10H22N2O2. The summed E-state index contributed by atoms with van der Waals surface area (Å²) in [5, 5.41) is 12.2. The number of carbonyl (C=O) groups is 1. The second-order valence-corrected chi connectivity index (χ2v) is 4.15. The minimum Gasteiger partial charge on any atom is -0.395 e. The summed E-state index contributed by atoms with van der Waals surface area (Å²) in [7, 11) is 3.45. The fraction of sp³-hybridized carbons (Fsp3) is 0.900. The largest absolute Gasteiger partial charge is 0.395 e. The van der Waals surface area contributed by atoms with Crippen molar-refractivity contribution in [1.82, 2.24) is 10.2 Å². The Bertz CT molecular complexity index is 181. The molecule has 0 aliphatic heterocycles. The highest BCUT2D eigenvalue weighted by Crippen LogP contribution is 2.02. The minimum absolute atomic E-state index is 0.0195. The maximum Gasteiger partial charge on any atom is 0.238 e. The van der Waals surface area contributed by atoms with E-state index in [0.29, 0.717) is 5.92 Å². The number of carbonyl (C=O) groups excluding carboxylic acids is 1. The van der Waals surface area contributed by atoms with E-state index in [9.17, 15) is 4.79 Å². The van der Waals surface area contributed by atoms with Gasteiger partial charge in [0.15, 0.2) is 0 Å². The predicted octanol–water partition coefficient (Wildman–Crippen LogP) is 0.0696. The molecule has 0 fully saturated rings. The number of hydrogen-bond acceptors (Lipinski definition) is 3. The lowest BCUT2D eigenvalue weighted by Gasteiger charge is -2.25. The number of rotatable bonds is 5. The monoisotopic (exact) mass is 202 g/mol. The third-order valence-electron chi connectivity index (χ3n) is 2.28. The lowest BCUT2D eigenvalue weighted by molar-refractivity contribution is -0.130. The summed E-state index contributed by atoms with van der Waals surface area (Å²) in [6.07, 6.45) is 0. The summed E-state index contributed by atoms with van der Waals surface area (Å²) < 4.78 is 0. The average molecular weight is 202 g/mol. The highest BCUT2D eigenvalue weighted by Gasteiger charge is 2.20. The highest BCUT2D eigenvalue weighted by molar-refractivity contribution is 5.80. The molecule has 0 rings (SSSR count).